The lowest BCUT2D eigenvalue weighted by Gasteiger charge is -2.37. The molecule has 0 N–H and O–H groups in total. The van der Waals surface area contributed by atoms with Gasteiger partial charge in [-0.1, -0.05) is 17.3 Å². The first-order chi connectivity index (χ1) is 13.6. The first-order valence-corrected chi connectivity index (χ1v) is 10.3. The molecule has 0 bridgehead atoms. The number of hydrogen-bond donors (Lipinski definition) is 0. The van der Waals surface area contributed by atoms with Crippen LogP contribution in [0.1, 0.15) is 62.2 Å². The van der Waals surface area contributed by atoms with Gasteiger partial charge in [-0.2, -0.15) is 4.98 Å². The van der Waals surface area contributed by atoms with Gasteiger partial charge in [-0.15, -0.1) is 0 Å². The molecule has 2 fully saturated rings. The normalized spacial score (nSPS) is 21.8. The van der Waals surface area contributed by atoms with E-state index in [0.717, 1.165) is 49.2 Å². The number of likely N-dealkylation sites (N-methyl/N-ethyl adjacent to an activating group) is 1. The maximum absolute atomic E-state index is 5.63. The maximum Gasteiger partial charge on any atom is 0.245 e. The summed E-state index contributed by atoms with van der Waals surface area (Å²) in [5, 5.41) is 4.22. The molecule has 1 aromatic carbocycles. The highest BCUT2D eigenvalue weighted by Crippen LogP contribution is 2.39. The standard InChI is InChI=1S/C21H28N6O/c1-14(2)27-17-7-5-4-6-16(17)22-19(27)13-26-11-10-25(3)18(12-26)21-23-20(24-28-21)15-8-9-15/h4-7,14-15,18H,8-13H2,1-3H3. The Morgan fingerprint density at radius 3 is 2.75 bits per heavy atom. The predicted octanol–water partition coefficient (Wildman–Crippen LogP) is 3.37. The van der Waals surface area contributed by atoms with Crippen LogP contribution < -0.4 is 0 Å². The largest absolute Gasteiger partial charge is 0.338 e. The quantitative estimate of drug-likeness (QED) is 0.676. The summed E-state index contributed by atoms with van der Waals surface area (Å²) < 4.78 is 8.00. The van der Waals surface area contributed by atoms with Crippen LogP contribution in [-0.4, -0.2) is 56.2 Å². The molecule has 1 aliphatic carbocycles. The van der Waals surface area contributed by atoms with E-state index in [4.69, 9.17) is 14.5 Å². The summed E-state index contributed by atoms with van der Waals surface area (Å²) in [4.78, 5) is 14.4. The first kappa shape index (κ1) is 17.8. The number of benzene rings is 1. The highest BCUT2D eigenvalue weighted by molar-refractivity contribution is 5.76. The van der Waals surface area contributed by atoms with E-state index in [-0.39, 0.29) is 6.04 Å². The SMILES string of the molecule is CC(C)n1c(CN2CCN(C)C(c3nc(C4CC4)no3)C2)nc2ccccc21. The number of nitrogens with zero attached hydrogens (tertiary/aromatic N) is 6. The zero-order valence-electron chi connectivity index (χ0n) is 16.9. The molecule has 1 unspecified atom stereocenters. The van der Waals surface area contributed by atoms with E-state index in [1.54, 1.807) is 0 Å². The highest BCUT2D eigenvalue weighted by atomic mass is 16.5. The van der Waals surface area contributed by atoms with E-state index in [2.05, 4.69) is 64.7 Å². The minimum atomic E-state index is 0.144. The Kier molecular flexibility index (Phi) is 4.44. The van der Waals surface area contributed by atoms with Gasteiger partial charge in [0.2, 0.25) is 5.89 Å². The number of rotatable bonds is 5. The molecule has 1 atom stereocenters. The molecule has 3 heterocycles. The van der Waals surface area contributed by atoms with Gasteiger partial charge in [0.25, 0.3) is 0 Å². The van der Waals surface area contributed by atoms with Gasteiger partial charge in [-0.05, 0) is 45.9 Å². The van der Waals surface area contributed by atoms with E-state index >= 15 is 0 Å². The van der Waals surface area contributed by atoms with Crippen molar-refractivity contribution in [2.24, 2.45) is 0 Å². The van der Waals surface area contributed by atoms with Crippen molar-refractivity contribution in [3.8, 4) is 0 Å². The number of para-hydroxylation sites is 2. The van der Waals surface area contributed by atoms with E-state index in [9.17, 15) is 0 Å². The second-order valence-corrected chi connectivity index (χ2v) is 8.48. The summed E-state index contributed by atoms with van der Waals surface area (Å²) in [6.45, 7) is 8.15. The maximum atomic E-state index is 5.63. The molecule has 1 saturated carbocycles. The Morgan fingerprint density at radius 2 is 1.96 bits per heavy atom. The molecule has 3 aromatic rings. The Balaban J connectivity index is 1.38. The molecule has 0 spiro atoms. The molecule has 1 saturated heterocycles. The molecule has 0 amide bonds. The van der Waals surface area contributed by atoms with Crippen LogP contribution in [0.15, 0.2) is 28.8 Å². The van der Waals surface area contributed by atoms with Crippen molar-refractivity contribution in [1.82, 2.24) is 29.5 Å². The number of fused-ring (bicyclic) bond motifs is 1. The van der Waals surface area contributed by atoms with Gasteiger partial charge in [0.15, 0.2) is 5.82 Å². The second kappa shape index (κ2) is 6.97. The van der Waals surface area contributed by atoms with Crippen molar-refractivity contribution in [1.29, 1.82) is 0 Å². The van der Waals surface area contributed by atoms with Crippen molar-refractivity contribution in [3.05, 3.63) is 41.8 Å². The van der Waals surface area contributed by atoms with E-state index in [1.807, 2.05) is 0 Å². The molecule has 1 aliphatic heterocycles. The zero-order chi connectivity index (χ0) is 19.3. The molecule has 2 aliphatic rings. The summed E-state index contributed by atoms with van der Waals surface area (Å²) in [6, 6.07) is 8.93. The van der Waals surface area contributed by atoms with Crippen LogP contribution in [-0.2, 0) is 6.54 Å². The molecule has 2 aromatic heterocycles. The number of imidazole rings is 1. The predicted molar refractivity (Wildman–Crippen MR) is 107 cm³/mol. The first-order valence-electron chi connectivity index (χ1n) is 10.3. The fourth-order valence-electron chi connectivity index (χ4n) is 4.21. The van der Waals surface area contributed by atoms with Crippen molar-refractivity contribution in [2.75, 3.05) is 26.7 Å². The molecule has 7 heteroatoms. The van der Waals surface area contributed by atoms with E-state index < -0.39 is 0 Å². The van der Waals surface area contributed by atoms with Gasteiger partial charge in [0, 0.05) is 31.6 Å². The van der Waals surface area contributed by atoms with Gasteiger partial charge >= 0.3 is 0 Å². The third-order valence-electron chi connectivity index (χ3n) is 5.97. The molecular weight excluding hydrogens is 352 g/mol. The average Bonchev–Trinajstić information content (AvgIpc) is 3.29. The van der Waals surface area contributed by atoms with Crippen molar-refractivity contribution in [2.45, 2.75) is 51.2 Å². The molecule has 28 heavy (non-hydrogen) atoms. The summed E-state index contributed by atoms with van der Waals surface area (Å²) in [7, 11) is 2.15. The summed E-state index contributed by atoms with van der Waals surface area (Å²) in [5.74, 6) is 3.30. The topological polar surface area (TPSA) is 63.2 Å². The third kappa shape index (κ3) is 3.22. The lowest BCUT2D eigenvalue weighted by Crippen LogP contribution is -2.46. The number of hydrogen-bond acceptors (Lipinski definition) is 6. The van der Waals surface area contributed by atoms with Gasteiger partial charge in [-0.25, -0.2) is 4.98 Å². The molecule has 7 nitrogen and oxygen atoms in total. The molecule has 0 radical (unpaired) electrons. The van der Waals surface area contributed by atoms with Crippen LogP contribution in [0.25, 0.3) is 11.0 Å². The molecule has 148 valence electrons. The molecule has 5 rings (SSSR count). The summed E-state index contributed by atoms with van der Waals surface area (Å²) in [5.41, 5.74) is 2.28. The number of piperazine rings is 1. The minimum absolute atomic E-state index is 0.144. The zero-order valence-corrected chi connectivity index (χ0v) is 16.9. The second-order valence-electron chi connectivity index (χ2n) is 8.48. The van der Waals surface area contributed by atoms with E-state index in [0.29, 0.717) is 12.0 Å². The average molecular weight is 380 g/mol. The van der Waals surface area contributed by atoms with Gasteiger partial charge in [0.1, 0.15) is 11.9 Å². The lowest BCUT2D eigenvalue weighted by atomic mass is 10.1. The third-order valence-corrected chi connectivity index (χ3v) is 5.97. The van der Waals surface area contributed by atoms with Crippen molar-refractivity contribution < 1.29 is 4.52 Å². The van der Waals surface area contributed by atoms with Crippen LogP contribution in [0.3, 0.4) is 0 Å². The Morgan fingerprint density at radius 1 is 1.14 bits per heavy atom. The lowest BCUT2D eigenvalue weighted by molar-refractivity contribution is 0.0691. The van der Waals surface area contributed by atoms with Crippen LogP contribution in [0.4, 0.5) is 0 Å². The van der Waals surface area contributed by atoms with Crippen LogP contribution in [0, 0.1) is 0 Å². The Bertz CT molecular complexity index is 972. The highest BCUT2D eigenvalue weighted by Gasteiger charge is 2.34. The summed E-state index contributed by atoms with van der Waals surface area (Å²) in [6.07, 6.45) is 2.38. The van der Waals surface area contributed by atoms with Gasteiger partial charge in [0.05, 0.1) is 17.6 Å². The van der Waals surface area contributed by atoms with Crippen LogP contribution in [0.5, 0.6) is 0 Å². The fraction of sp³-hybridized carbons (Fsp3) is 0.571. The summed E-state index contributed by atoms with van der Waals surface area (Å²) >= 11 is 0. The van der Waals surface area contributed by atoms with Crippen LogP contribution in [0.2, 0.25) is 0 Å². The van der Waals surface area contributed by atoms with Crippen molar-refractivity contribution in [3.63, 3.8) is 0 Å². The van der Waals surface area contributed by atoms with E-state index in [1.165, 1.54) is 18.4 Å². The van der Waals surface area contributed by atoms with Gasteiger partial charge in [-0.3, -0.25) is 9.80 Å². The Labute approximate surface area is 165 Å². The minimum Gasteiger partial charge on any atom is -0.338 e. The Hall–Kier alpha value is -2.25. The van der Waals surface area contributed by atoms with Gasteiger partial charge < -0.3 is 9.09 Å². The smallest absolute Gasteiger partial charge is 0.245 e. The number of aromatic nitrogens is 4. The van der Waals surface area contributed by atoms with Crippen molar-refractivity contribution >= 4 is 11.0 Å². The van der Waals surface area contributed by atoms with Crippen LogP contribution >= 0.6 is 0 Å². The molecular formula is C21H28N6O. The fourth-order valence-corrected chi connectivity index (χ4v) is 4.21. The monoisotopic (exact) mass is 380 g/mol.